The van der Waals surface area contributed by atoms with Gasteiger partial charge in [0.2, 0.25) is 0 Å². The van der Waals surface area contributed by atoms with E-state index in [2.05, 4.69) is 0 Å². The molecule has 1 aliphatic rings. The lowest BCUT2D eigenvalue weighted by atomic mass is 9.90. The number of hydrogen-bond acceptors (Lipinski definition) is 4. The standard InChI is InChI=1S/C14H20N2O3/c1-16(10-7-5-9(15)6-8-10)14(19)11-3-2-4-12(17)13(11)18/h2-4,9-10,17-18H,5-8,15H2,1H3. The Morgan fingerprint density at radius 3 is 2.53 bits per heavy atom. The Labute approximate surface area is 112 Å². The van der Waals surface area contributed by atoms with E-state index in [4.69, 9.17) is 5.73 Å². The molecule has 1 aromatic rings. The third-order valence-electron chi connectivity index (χ3n) is 3.85. The molecule has 5 heteroatoms. The SMILES string of the molecule is CN(C(=O)c1cccc(O)c1O)C1CCC(N)CC1. The van der Waals surface area contributed by atoms with Crippen molar-refractivity contribution in [2.45, 2.75) is 37.8 Å². The second-order valence-corrected chi connectivity index (χ2v) is 5.16. The van der Waals surface area contributed by atoms with E-state index in [0.717, 1.165) is 25.7 Å². The molecule has 104 valence electrons. The quantitative estimate of drug-likeness (QED) is 0.705. The normalized spacial score (nSPS) is 23.1. The van der Waals surface area contributed by atoms with Crippen LogP contribution in [0.25, 0.3) is 0 Å². The monoisotopic (exact) mass is 264 g/mol. The molecule has 0 atom stereocenters. The summed E-state index contributed by atoms with van der Waals surface area (Å²) in [7, 11) is 1.73. The van der Waals surface area contributed by atoms with E-state index in [-0.39, 0.29) is 35.1 Å². The van der Waals surface area contributed by atoms with Crippen LogP contribution in [-0.4, -0.2) is 40.2 Å². The minimum absolute atomic E-state index is 0.136. The van der Waals surface area contributed by atoms with E-state index in [9.17, 15) is 15.0 Å². The van der Waals surface area contributed by atoms with Crippen LogP contribution in [0.1, 0.15) is 36.0 Å². The molecule has 0 heterocycles. The number of amides is 1. The Balaban J connectivity index is 2.13. The van der Waals surface area contributed by atoms with Gasteiger partial charge in [0.05, 0.1) is 5.56 Å². The number of benzene rings is 1. The summed E-state index contributed by atoms with van der Waals surface area (Å²) in [6, 6.07) is 4.80. The maximum Gasteiger partial charge on any atom is 0.257 e. The topological polar surface area (TPSA) is 86.8 Å². The fourth-order valence-corrected chi connectivity index (χ4v) is 2.55. The molecule has 0 spiro atoms. The number of carbonyl (C=O) groups excluding carboxylic acids is 1. The van der Waals surface area contributed by atoms with Crippen molar-refractivity contribution in [2.24, 2.45) is 5.73 Å². The molecule has 0 unspecified atom stereocenters. The van der Waals surface area contributed by atoms with Gasteiger partial charge in [0.25, 0.3) is 5.91 Å². The molecule has 0 saturated heterocycles. The van der Waals surface area contributed by atoms with Crippen molar-refractivity contribution in [1.29, 1.82) is 0 Å². The number of para-hydroxylation sites is 1. The van der Waals surface area contributed by atoms with Crippen molar-refractivity contribution in [3.05, 3.63) is 23.8 Å². The molecule has 1 amide bonds. The van der Waals surface area contributed by atoms with Crippen LogP contribution in [0.15, 0.2) is 18.2 Å². The predicted molar refractivity (Wildman–Crippen MR) is 72.1 cm³/mol. The van der Waals surface area contributed by atoms with Gasteiger partial charge in [-0.05, 0) is 37.8 Å². The molecule has 1 saturated carbocycles. The predicted octanol–water partition coefficient (Wildman–Crippen LogP) is 1.44. The highest BCUT2D eigenvalue weighted by Gasteiger charge is 2.27. The highest BCUT2D eigenvalue weighted by atomic mass is 16.3. The van der Waals surface area contributed by atoms with Crippen LogP contribution < -0.4 is 5.73 Å². The van der Waals surface area contributed by atoms with Gasteiger partial charge in [-0.2, -0.15) is 0 Å². The zero-order chi connectivity index (χ0) is 14.0. The van der Waals surface area contributed by atoms with E-state index in [1.54, 1.807) is 18.0 Å². The van der Waals surface area contributed by atoms with E-state index in [0.29, 0.717) is 0 Å². The van der Waals surface area contributed by atoms with Gasteiger partial charge in [-0.3, -0.25) is 4.79 Å². The molecule has 2 rings (SSSR count). The van der Waals surface area contributed by atoms with E-state index >= 15 is 0 Å². The maximum atomic E-state index is 12.3. The highest BCUT2D eigenvalue weighted by molar-refractivity contribution is 5.97. The molecule has 0 bridgehead atoms. The first-order valence-corrected chi connectivity index (χ1v) is 6.54. The Kier molecular flexibility index (Phi) is 3.95. The second kappa shape index (κ2) is 5.48. The number of hydrogen-bond donors (Lipinski definition) is 3. The van der Waals surface area contributed by atoms with Crippen molar-refractivity contribution >= 4 is 5.91 Å². The van der Waals surface area contributed by atoms with Crippen LogP contribution in [0.5, 0.6) is 11.5 Å². The van der Waals surface area contributed by atoms with Gasteiger partial charge < -0.3 is 20.8 Å². The summed E-state index contributed by atoms with van der Waals surface area (Å²) < 4.78 is 0. The lowest BCUT2D eigenvalue weighted by Gasteiger charge is -2.33. The van der Waals surface area contributed by atoms with Crippen LogP contribution >= 0.6 is 0 Å². The minimum atomic E-state index is -0.355. The maximum absolute atomic E-state index is 12.3. The van der Waals surface area contributed by atoms with Crippen molar-refractivity contribution in [3.63, 3.8) is 0 Å². The number of nitrogens with two attached hydrogens (primary N) is 1. The number of phenolic OH excluding ortho intramolecular Hbond substituents is 2. The van der Waals surface area contributed by atoms with Crippen LogP contribution in [0, 0.1) is 0 Å². The van der Waals surface area contributed by atoms with Gasteiger partial charge in [0, 0.05) is 19.1 Å². The van der Waals surface area contributed by atoms with Crippen LogP contribution in [0.2, 0.25) is 0 Å². The summed E-state index contributed by atoms with van der Waals surface area (Å²) in [5.74, 6) is -0.898. The van der Waals surface area contributed by atoms with Gasteiger partial charge in [-0.1, -0.05) is 6.07 Å². The molecule has 0 aromatic heterocycles. The van der Waals surface area contributed by atoms with Gasteiger partial charge in [0.1, 0.15) is 0 Å². The zero-order valence-corrected chi connectivity index (χ0v) is 11.0. The molecular weight excluding hydrogens is 244 g/mol. The van der Waals surface area contributed by atoms with Gasteiger partial charge >= 0.3 is 0 Å². The summed E-state index contributed by atoms with van der Waals surface area (Å²) in [6.07, 6.45) is 3.58. The van der Waals surface area contributed by atoms with Crippen LogP contribution in [-0.2, 0) is 0 Å². The first-order chi connectivity index (χ1) is 9.00. The van der Waals surface area contributed by atoms with E-state index in [1.807, 2.05) is 0 Å². The fraction of sp³-hybridized carbons (Fsp3) is 0.500. The third kappa shape index (κ3) is 2.81. The smallest absolute Gasteiger partial charge is 0.257 e. The molecule has 1 aromatic carbocycles. The lowest BCUT2D eigenvalue weighted by Crippen LogP contribution is -2.41. The Bertz CT molecular complexity index is 468. The van der Waals surface area contributed by atoms with E-state index < -0.39 is 0 Å². The summed E-state index contributed by atoms with van der Waals surface area (Å²) in [5.41, 5.74) is 5.99. The lowest BCUT2D eigenvalue weighted by molar-refractivity contribution is 0.0686. The van der Waals surface area contributed by atoms with E-state index in [1.165, 1.54) is 12.1 Å². The Hall–Kier alpha value is -1.75. The molecular formula is C14H20N2O3. The highest BCUT2D eigenvalue weighted by Crippen LogP contribution is 2.30. The average molecular weight is 264 g/mol. The molecule has 5 nitrogen and oxygen atoms in total. The fourth-order valence-electron chi connectivity index (χ4n) is 2.55. The number of rotatable bonds is 2. The minimum Gasteiger partial charge on any atom is -0.504 e. The summed E-state index contributed by atoms with van der Waals surface area (Å²) in [6.45, 7) is 0. The first-order valence-electron chi connectivity index (χ1n) is 6.54. The van der Waals surface area contributed by atoms with Crippen LogP contribution in [0.3, 0.4) is 0 Å². The molecule has 1 fully saturated rings. The average Bonchev–Trinajstić information content (AvgIpc) is 2.41. The molecule has 4 N–H and O–H groups in total. The van der Waals surface area contributed by atoms with Crippen LogP contribution in [0.4, 0.5) is 0 Å². The largest absolute Gasteiger partial charge is 0.504 e. The summed E-state index contributed by atoms with van der Waals surface area (Å²) >= 11 is 0. The molecule has 0 radical (unpaired) electrons. The summed E-state index contributed by atoms with van der Waals surface area (Å²) in [4.78, 5) is 14.0. The second-order valence-electron chi connectivity index (χ2n) is 5.16. The van der Waals surface area contributed by atoms with Crippen molar-refractivity contribution < 1.29 is 15.0 Å². The summed E-state index contributed by atoms with van der Waals surface area (Å²) in [5, 5.41) is 19.2. The third-order valence-corrected chi connectivity index (χ3v) is 3.85. The Morgan fingerprint density at radius 1 is 1.26 bits per heavy atom. The number of nitrogens with zero attached hydrogens (tertiary/aromatic N) is 1. The van der Waals surface area contributed by atoms with Crippen molar-refractivity contribution in [2.75, 3.05) is 7.05 Å². The Morgan fingerprint density at radius 2 is 1.89 bits per heavy atom. The van der Waals surface area contributed by atoms with Crippen molar-refractivity contribution in [3.8, 4) is 11.5 Å². The molecule has 19 heavy (non-hydrogen) atoms. The molecule has 0 aliphatic heterocycles. The first kappa shape index (κ1) is 13.7. The number of carbonyl (C=O) groups is 1. The number of aromatic hydroxyl groups is 2. The number of phenols is 2. The molecule has 1 aliphatic carbocycles. The zero-order valence-electron chi connectivity index (χ0n) is 11.0. The van der Waals surface area contributed by atoms with Gasteiger partial charge in [-0.15, -0.1) is 0 Å². The van der Waals surface area contributed by atoms with Crippen molar-refractivity contribution in [1.82, 2.24) is 4.90 Å². The van der Waals surface area contributed by atoms with Gasteiger partial charge in [0.15, 0.2) is 11.5 Å². The van der Waals surface area contributed by atoms with Gasteiger partial charge in [-0.25, -0.2) is 0 Å².